The van der Waals surface area contributed by atoms with Gasteiger partial charge in [-0.05, 0) is 46.4 Å². The van der Waals surface area contributed by atoms with Crippen LogP contribution in [-0.2, 0) is 6.54 Å². The number of aromatic carboxylic acids is 1. The van der Waals surface area contributed by atoms with E-state index in [9.17, 15) is 9.18 Å². The molecule has 0 fully saturated rings. The molecule has 0 unspecified atom stereocenters. The molecule has 20 heavy (non-hydrogen) atoms. The summed E-state index contributed by atoms with van der Waals surface area (Å²) >= 11 is 4.64. The molecule has 1 N–H and O–H groups in total. The second-order valence-corrected chi connectivity index (χ2v) is 5.98. The average Bonchev–Trinajstić information content (AvgIpc) is 2.92. The number of carboxylic acids is 1. The molecule has 0 aliphatic rings. The molecule has 0 aliphatic carbocycles. The maximum Gasteiger partial charge on any atom is 0.336 e. The summed E-state index contributed by atoms with van der Waals surface area (Å²) in [7, 11) is 0. The van der Waals surface area contributed by atoms with Gasteiger partial charge in [-0.15, -0.1) is 11.3 Å². The smallest absolute Gasteiger partial charge is 0.336 e. The molecular formula is C14H13BrFNO2S. The number of benzene rings is 1. The van der Waals surface area contributed by atoms with Crippen LogP contribution in [0, 0.1) is 5.82 Å². The molecule has 0 atom stereocenters. The van der Waals surface area contributed by atoms with Gasteiger partial charge in [-0.25, -0.2) is 9.18 Å². The third kappa shape index (κ3) is 3.02. The van der Waals surface area contributed by atoms with Crippen molar-refractivity contribution < 1.29 is 14.3 Å². The topological polar surface area (TPSA) is 40.5 Å². The van der Waals surface area contributed by atoms with E-state index in [1.807, 2.05) is 29.3 Å². The molecule has 1 aromatic carbocycles. The molecule has 1 heterocycles. The molecular weight excluding hydrogens is 345 g/mol. The normalized spacial score (nSPS) is 10.6. The van der Waals surface area contributed by atoms with Crippen LogP contribution in [0.3, 0.4) is 0 Å². The molecule has 0 aliphatic heterocycles. The van der Waals surface area contributed by atoms with Crippen molar-refractivity contribution in [2.24, 2.45) is 0 Å². The Bertz CT molecular complexity index is 616. The Kier molecular flexibility index (Phi) is 4.77. The summed E-state index contributed by atoms with van der Waals surface area (Å²) in [5.74, 6) is -1.69. The van der Waals surface area contributed by atoms with Crippen molar-refractivity contribution >= 4 is 38.9 Å². The van der Waals surface area contributed by atoms with E-state index in [4.69, 9.17) is 5.11 Å². The van der Waals surface area contributed by atoms with E-state index in [-0.39, 0.29) is 10.0 Å². The van der Waals surface area contributed by atoms with E-state index in [1.54, 1.807) is 11.3 Å². The second kappa shape index (κ2) is 6.37. The van der Waals surface area contributed by atoms with Gasteiger partial charge in [-0.3, -0.25) is 0 Å². The van der Waals surface area contributed by atoms with Crippen molar-refractivity contribution in [1.29, 1.82) is 0 Å². The van der Waals surface area contributed by atoms with Crippen molar-refractivity contribution in [3.8, 4) is 0 Å². The quantitative estimate of drug-likeness (QED) is 0.863. The Morgan fingerprint density at radius 2 is 2.20 bits per heavy atom. The SMILES string of the molecule is CCN(Cc1cccs1)c1ccc(C(=O)O)c(Br)c1F. The lowest BCUT2D eigenvalue weighted by atomic mass is 10.2. The number of carboxylic acid groups (broad SMARTS) is 1. The predicted molar refractivity (Wildman–Crippen MR) is 82.1 cm³/mol. The van der Waals surface area contributed by atoms with Gasteiger partial charge in [0.25, 0.3) is 0 Å². The van der Waals surface area contributed by atoms with E-state index in [0.29, 0.717) is 18.8 Å². The molecule has 3 nitrogen and oxygen atoms in total. The molecule has 106 valence electrons. The Labute approximate surface area is 128 Å². The summed E-state index contributed by atoms with van der Waals surface area (Å²) in [4.78, 5) is 14.0. The molecule has 2 rings (SSSR count). The van der Waals surface area contributed by atoms with Crippen molar-refractivity contribution in [2.75, 3.05) is 11.4 Å². The average molecular weight is 358 g/mol. The number of anilines is 1. The van der Waals surface area contributed by atoms with Gasteiger partial charge >= 0.3 is 5.97 Å². The number of rotatable bonds is 5. The third-order valence-electron chi connectivity index (χ3n) is 2.94. The van der Waals surface area contributed by atoms with Crippen molar-refractivity contribution in [3.63, 3.8) is 0 Å². The standard InChI is InChI=1S/C14H13BrFNO2S/c1-2-17(8-9-4-3-7-20-9)11-6-5-10(14(18)19)12(15)13(11)16/h3-7H,2,8H2,1H3,(H,18,19). The minimum atomic E-state index is -1.15. The largest absolute Gasteiger partial charge is 0.478 e. The van der Waals surface area contributed by atoms with Gasteiger partial charge in [-0.1, -0.05) is 6.07 Å². The lowest BCUT2D eigenvalue weighted by Crippen LogP contribution is -2.23. The molecule has 0 bridgehead atoms. The van der Waals surface area contributed by atoms with Crippen LogP contribution in [0.25, 0.3) is 0 Å². The van der Waals surface area contributed by atoms with Crippen LogP contribution < -0.4 is 4.90 Å². The van der Waals surface area contributed by atoms with Gasteiger partial charge in [-0.2, -0.15) is 0 Å². The summed E-state index contributed by atoms with van der Waals surface area (Å²) in [6, 6.07) is 6.88. The number of thiophene rings is 1. The number of hydrogen-bond donors (Lipinski definition) is 1. The molecule has 0 saturated heterocycles. The number of carbonyl (C=O) groups is 1. The highest BCUT2D eigenvalue weighted by atomic mass is 79.9. The summed E-state index contributed by atoms with van der Waals surface area (Å²) in [5, 5.41) is 11.0. The summed E-state index contributed by atoms with van der Waals surface area (Å²) in [6.45, 7) is 3.17. The molecule has 0 saturated carbocycles. The fourth-order valence-corrected chi connectivity index (χ4v) is 3.13. The molecule has 2 aromatic rings. The van der Waals surface area contributed by atoms with Crippen LogP contribution in [-0.4, -0.2) is 17.6 Å². The van der Waals surface area contributed by atoms with Gasteiger partial charge in [0.15, 0.2) is 5.82 Å². The predicted octanol–water partition coefficient (Wildman–Crippen LogP) is 4.37. The fourth-order valence-electron chi connectivity index (χ4n) is 1.91. The zero-order chi connectivity index (χ0) is 14.7. The number of hydrogen-bond acceptors (Lipinski definition) is 3. The maximum atomic E-state index is 14.3. The first-order valence-electron chi connectivity index (χ1n) is 6.03. The van der Waals surface area contributed by atoms with Gasteiger partial charge in [0, 0.05) is 11.4 Å². The minimum Gasteiger partial charge on any atom is -0.478 e. The number of nitrogens with zero attached hydrogens (tertiary/aromatic N) is 1. The van der Waals surface area contributed by atoms with Crippen LogP contribution in [0.4, 0.5) is 10.1 Å². The highest BCUT2D eigenvalue weighted by molar-refractivity contribution is 9.10. The van der Waals surface area contributed by atoms with E-state index < -0.39 is 11.8 Å². The molecule has 6 heteroatoms. The van der Waals surface area contributed by atoms with E-state index >= 15 is 0 Å². The zero-order valence-electron chi connectivity index (χ0n) is 10.8. The van der Waals surface area contributed by atoms with Crippen LogP contribution in [0.15, 0.2) is 34.1 Å². The van der Waals surface area contributed by atoms with Crippen molar-refractivity contribution in [1.82, 2.24) is 0 Å². The molecule has 1 aromatic heterocycles. The highest BCUT2D eigenvalue weighted by Crippen LogP contribution is 2.30. The Morgan fingerprint density at radius 1 is 1.45 bits per heavy atom. The van der Waals surface area contributed by atoms with Gasteiger partial charge in [0.2, 0.25) is 0 Å². The first-order chi connectivity index (χ1) is 9.54. The molecule has 0 amide bonds. The van der Waals surface area contributed by atoms with Gasteiger partial charge < -0.3 is 10.0 Å². The highest BCUT2D eigenvalue weighted by Gasteiger charge is 2.19. The molecule has 0 spiro atoms. The van der Waals surface area contributed by atoms with Crippen LogP contribution >= 0.6 is 27.3 Å². The maximum absolute atomic E-state index is 14.3. The first-order valence-corrected chi connectivity index (χ1v) is 7.70. The zero-order valence-corrected chi connectivity index (χ0v) is 13.2. The summed E-state index contributed by atoms with van der Waals surface area (Å²) < 4.78 is 14.3. The van der Waals surface area contributed by atoms with Crippen molar-refractivity contribution in [3.05, 3.63) is 50.4 Å². The third-order valence-corrected chi connectivity index (χ3v) is 4.58. The second-order valence-electron chi connectivity index (χ2n) is 4.16. The van der Waals surface area contributed by atoms with Crippen LogP contribution in [0.2, 0.25) is 0 Å². The van der Waals surface area contributed by atoms with Crippen LogP contribution in [0.1, 0.15) is 22.2 Å². The minimum absolute atomic E-state index is 0.00729. The van der Waals surface area contributed by atoms with Gasteiger partial charge in [0.1, 0.15) is 0 Å². The lowest BCUT2D eigenvalue weighted by Gasteiger charge is -2.23. The Hall–Kier alpha value is -1.40. The van der Waals surface area contributed by atoms with E-state index in [1.165, 1.54) is 12.1 Å². The first kappa shape index (κ1) is 15.0. The van der Waals surface area contributed by atoms with E-state index in [0.717, 1.165) is 4.88 Å². The van der Waals surface area contributed by atoms with Crippen molar-refractivity contribution in [2.45, 2.75) is 13.5 Å². The molecule has 0 radical (unpaired) electrons. The van der Waals surface area contributed by atoms with Gasteiger partial charge in [0.05, 0.1) is 22.3 Å². The fraction of sp³-hybridized carbons (Fsp3) is 0.214. The van der Waals surface area contributed by atoms with Crippen LogP contribution in [0.5, 0.6) is 0 Å². The summed E-state index contributed by atoms with van der Waals surface area (Å²) in [5.41, 5.74) is 0.330. The Morgan fingerprint density at radius 3 is 2.75 bits per heavy atom. The monoisotopic (exact) mass is 357 g/mol. The van der Waals surface area contributed by atoms with E-state index in [2.05, 4.69) is 15.9 Å². The Balaban J connectivity index is 2.35. The summed E-state index contributed by atoms with van der Waals surface area (Å²) in [6.07, 6.45) is 0. The number of halogens is 2. The lowest BCUT2D eigenvalue weighted by molar-refractivity contribution is 0.0695.